The van der Waals surface area contributed by atoms with Crippen molar-refractivity contribution in [3.63, 3.8) is 0 Å². The minimum Gasteiger partial charge on any atom is -0.289 e. The number of hydrogen-bond acceptors (Lipinski definition) is 1. The third-order valence-corrected chi connectivity index (χ3v) is 4.87. The van der Waals surface area contributed by atoms with Crippen LogP contribution in [0, 0.1) is 5.41 Å². The summed E-state index contributed by atoms with van der Waals surface area (Å²) in [6, 6.07) is 17.7. The van der Waals surface area contributed by atoms with Gasteiger partial charge < -0.3 is 0 Å². The Kier molecular flexibility index (Phi) is 6.15. The average Bonchev–Trinajstić information content (AvgIpc) is 2.61. The van der Waals surface area contributed by atoms with E-state index in [1.54, 1.807) is 0 Å². The van der Waals surface area contributed by atoms with Crippen LogP contribution in [-0.2, 0) is 6.42 Å². The average molecular weight is 308 g/mol. The van der Waals surface area contributed by atoms with E-state index in [9.17, 15) is 4.79 Å². The molecule has 2 aromatic carbocycles. The van der Waals surface area contributed by atoms with E-state index in [1.165, 1.54) is 31.2 Å². The monoisotopic (exact) mass is 308 g/mol. The molecule has 0 saturated heterocycles. The molecule has 2 rings (SSSR count). The van der Waals surface area contributed by atoms with E-state index in [1.807, 2.05) is 42.5 Å². The molecule has 0 unspecified atom stereocenters. The second-order valence-corrected chi connectivity index (χ2v) is 6.84. The molecular formula is C22H28O. The Morgan fingerprint density at radius 2 is 1.52 bits per heavy atom. The number of carbonyl (C=O) groups is 1. The second kappa shape index (κ2) is 8.10. The Balaban J connectivity index is 2.09. The van der Waals surface area contributed by atoms with Crippen molar-refractivity contribution in [3.05, 3.63) is 71.3 Å². The Hall–Kier alpha value is -1.89. The summed E-state index contributed by atoms with van der Waals surface area (Å²) in [5, 5.41) is 0. The van der Waals surface area contributed by atoms with Crippen LogP contribution in [0.15, 0.2) is 54.6 Å². The van der Waals surface area contributed by atoms with Gasteiger partial charge in [0.05, 0.1) is 0 Å². The fraction of sp³-hybridized carbons (Fsp3) is 0.409. The molecule has 0 spiro atoms. The largest absolute Gasteiger partial charge is 0.289 e. The van der Waals surface area contributed by atoms with Crippen molar-refractivity contribution < 1.29 is 4.79 Å². The zero-order valence-corrected chi connectivity index (χ0v) is 14.6. The first-order valence-corrected chi connectivity index (χ1v) is 8.76. The molecule has 0 saturated carbocycles. The summed E-state index contributed by atoms with van der Waals surface area (Å²) in [6.45, 7) is 6.91. The first-order chi connectivity index (χ1) is 11.1. The lowest BCUT2D eigenvalue weighted by atomic mass is 9.77. The molecule has 0 N–H and O–H groups in total. The van der Waals surface area contributed by atoms with Gasteiger partial charge in [0.1, 0.15) is 0 Å². The molecule has 23 heavy (non-hydrogen) atoms. The van der Waals surface area contributed by atoms with E-state index in [0.717, 1.165) is 17.5 Å². The summed E-state index contributed by atoms with van der Waals surface area (Å²) in [7, 11) is 0. The summed E-state index contributed by atoms with van der Waals surface area (Å²) in [5.74, 6) is 0.0985. The molecule has 1 nitrogen and oxygen atoms in total. The summed E-state index contributed by atoms with van der Waals surface area (Å²) in [6.07, 6.45) is 6.08. The van der Waals surface area contributed by atoms with Crippen LogP contribution in [0.4, 0.5) is 0 Å². The predicted molar refractivity (Wildman–Crippen MR) is 97.9 cm³/mol. The highest BCUT2D eigenvalue weighted by Crippen LogP contribution is 2.32. The minimum atomic E-state index is 0.0985. The molecule has 1 heteroatoms. The number of ketones is 1. The molecule has 1 atom stereocenters. The van der Waals surface area contributed by atoms with Gasteiger partial charge in [-0.1, -0.05) is 94.6 Å². The van der Waals surface area contributed by atoms with Crippen LogP contribution in [0.3, 0.4) is 0 Å². The van der Waals surface area contributed by atoms with Crippen LogP contribution in [0.1, 0.15) is 67.9 Å². The van der Waals surface area contributed by atoms with Gasteiger partial charge in [-0.3, -0.25) is 4.79 Å². The van der Waals surface area contributed by atoms with Gasteiger partial charge in [-0.2, -0.15) is 0 Å². The smallest absolute Gasteiger partial charge is 0.193 e. The number of carbonyl (C=O) groups excluding carboxylic acids is 1. The van der Waals surface area contributed by atoms with Gasteiger partial charge in [0.25, 0.3) is 0 Å². The standard InChI is InChI=1S/C22H28O/c1-4-6-16-22(3,5-2)17-18-12-14-20(15-13-18)21(23)19-10-8-7-9-11-19/h7-15H,4-6,16-17H2,1-3H3/t22-/m1/s1. The topological polar surface area (TPSA) is 17.1 Å². The third-order valence-electron chi connectivity index (χ3n) is 4.87. The molecule has 0 aliphatic rings. The van der Waals surface area contributed by atoms with Crippen molar-refractivity contribution in [1.29, 1.82) is 0 Å². The lowest BCUT2D eigenvalue weighted by molar-refractivity contribution is 0.103. The van der Waals surface area contributed by atoms with Crippen LogP contribution in [0.2, 0.25) is 0 Å². The number of hydrogen-bond donors (Lipinski definition) is 0. The van der Waals surface area contributed by atoms with Gasteiger partial charge in [-0.25, -0.2) is 0 Å². The fourth-order valence-electron chi connectivity index (χ4n) is 3.02. The second-order valence-electron chi connectivity index (χ2n) is 6.84. The predicted octanol–water partition coefficient (Wildman–Crippen LogP) is 6.07. The van der Waals surface area contributed by atoms with Gasteiger partial charge in [0.2, 0.25) is 0 Å². The van der Waals surface area contributed by atoms with Crippen molar-refractivity contribution >= 4 is 5.78 Å². The Morgan fingerprint density at radius 3 is 2.09 bits per heavy atom. The maximum atomic E-state index is 12.4. The van der Waals surface area contributed by atoms with Crippen LogP contribution >= 0.6 is 0 Å². The normalized spacial score (nSPS) is 13.5. The van der Waals surface area contributed by atoms with E-state index in [-0.39, 0.29) is 5.78 Å². The first kappa shape index (κ1) is 17.5. The van der Waals surface area contributed by atoms with Crippen LogP contribution in [0.5, 0.6) is 0 Å². The van der Waals surface area contributed by atoms with E-state index in [0.29, 0.717) is 5.41 Å². The van der Waals surface area contributed by atoms with E-state index in [4.69, 9.17) is 0 Å². The highest BCUT2D eigenvalue weighted by Gasteiger charge is 2.22. The lowest BCUT2D eigenvalue weighted by Gasteiger charge is -2.28. The maximum Gasteiger partial charge on any atom is 0.193 e. The Bertz CT molecular complexity index is 612. The van der Waals surface area contributed by atoms with Gasteiger partial charge in [-0.15, -0.1) is 0 Å². The summed E-state index contributed by atoms with van der Waals surface area (Å²) in [5.41, 5.74) is 3.21. The fourth-order valence-corrected chi connectivity index (χ4v) is 3.02. The SMILES string of the molecule is CCCC[C@@](C)(CC)Cc1ccc(C(=O)c2ccccc2)cc1. The van der Waals surface area contributed by atoms with Crippen molar-refractivity contribution in [2.24, 2.45) is 5.41 Å². The van der Waals surface area contributed by atoms with Crippen molar-refractivity contribution in [3.8, 4) is 0 Å². The molecule has 0 aliphatic heterocycles. The first-order valence-electron chi connectivity index (χ1n) is 8.76. The van der Waals surface area contributed by atoms with Crippen LogP contribution < -0.4 is 0 Å². The molecular weight excluding hydrogens is 280 g/mol. The van der Waals surface area contributed by atoms with Gasteiger partial charge in [0.15, 0.2) is 5.78 Å². The van der Waals surface area contributed by atoms with Crippen molar-refractivity contribution in [2.75, 3.05) is 0 Å². The molecule has 0 aromatic heterocycles. The molecule has 0 heterocycles. The molecule has 0 aliphatic carbocycles. The minimum absolute atomic E-state index is 0.0985. The molecule has 0 amide bonds. The molecule has 2 aromatic rings. The van der Waals surface area contributed by atoms with Crippen LogP contribution in [-0.4, -0.2) is 5.78 Å². The Labute approximate surface area is 140 Å². The lowest BCUT2D eigenvalue weighted by Crippen LogP contribution is -2.18. The summed E-state index contributed by atoms with van der Waals surface area (Å²) in [4.78, 5) is 12.4. The number of benzene rings is 2. The highest BCUT2D eigenvalue weighted by molar-refractivity contribution is 6.08. The number of unbranched alkanes of at least 4 members (excludes halogenated alkanes) is 1. The molecule has 0 radical (unpaired) electrons. The molecule has 0 fully saturated rings. The highest BCUT2D eigenvalue weighted by atomic mass is 16.1. The van der Waals surface area contributed by atoms with Crippen LogP contribution in [0.25, 0.3) is 0 Å². The zero-order valence-electron chi connectivity index (χ0n) is 14.6. The molecule has 122 valence electrons. The van der Waals surface area contributed by atoms with E-state index < -0.39 is 0 Å². The quantitative estimate of drug-likeness (QED) is 0.541. The van der Waals surface area contributed by atoms with Crippen molar-refractivity contribution in [2.45, 2.75) is 52.9 Å². The maximum absolute atomic E-state index is 12.4. The van der Waals surface area contributed by atoms with Crippen molar-refractivity contribution in [1.82, 2.24) is 0 Å². The zero-order chi connectivity index (χ0) is 16.7. The van der Waals surface area contributed by atoms with Gasteiger partial charge >= 0.3 is 0 Å². The summed E-state index contributed by atoms with van der Waals surface area (Å²) >= 11 is 0. The van der Waals surface area contributed by atoms with E-state index >= 15 is 0 Å². The molecule has 0 bridgehead atoms. The third kappa shape index (κ3) is 4.79. The Morgan fingerprint density at radius 1 is 0.913 bits per heavy atom. The number of rotatable bonds is 8. The van der Waals surface area contributed by atoms with Gasteiger partial charge in [-0.05, 0) is 23.8 Å². The summed E-state index contributed by atoms with van der Waals surface area (Å²) < 4.78 is 0. The van der Waals surface area contributed by atoms with Gasteiger partial charge in [0, 0.05) is 11.1 Å². The van der Waals surface area contributed by atoms with E-state index in [2.05, 4.69) is 32.9 Å².